The molecule has 5 nitrogen and oxygen atoms in total. The number of carbonyl (C=O) groups excluding carboxylic acids is 1. The van der Waals surface area contributed by atoms with Gasteiger partial charge in [0.1, 0.15) is 0 Å². The highest BCUT2D eigenvalue weighted by Crippen LogP contribution is 2.16. The minimum atomic E-state index is 0.00621. The van der Waals surface area contributed by atoms with E-state index < -0.39 is 0 Å². The molecule has 1 N–H and O–H groups in total. The number of ether oxygens (including phenoxy) is 1. The monoisotopic (exact) mass is 301 g/mol. The normalized spacial score (nSPS) is 19.0. The number of nitrogens with one attached hydrogen (secondary N) is 1. The van der Waals surface area contributed by atoms with Gasteiger partial charge in [0.2, 0.25) is 0 Å². The third-order valence-corrected chi connectivity index (χ3v) is 4.22. The lowest BCUT2D eigenvalue weighted by atomic mass is 10.1. The lowest BCUT2D eigenvalue weighted by molar-refractivity contribution is 0.118. The fourth-order valence-electron chi connectivity index (χ4n) is 2.84. The van der Waals surface area contributed by atoms with Crippen molar-refractivity contribution in [2.45, 2.75) is 12.8 Å². The molecular weight excluding hydrogens is 278 g/mol. The molecule has 3 rings (SSSR count). The van der Waals surface area contributed by atoms with Crippen LogP contribution in [0, 0.1) is 0 Å². The highest BCUT2D eigenvalue weighted by atomic mass is 16.5. The first-order valence-electron chi connectivity index (χ1n) is 7.94. The molecule has 0 atom stereocenters. The van der Waals surface area contributed by atoms with Gasteiger partial charge in [-0.3, -0.25) is 0 Å². The summed E-state index contributed by atoms with van der Waals surface area (Å²) in [6.45, 7) is 4.79. The van der Waals surface area contributed by atoms with Crippen molar-refractivity contribution in [2.75, 3.05) is 44.3 Å². The van der Waals surface area contributed by atoms with Gasteiger partial charge in [0.05, 0.1) is 13.2 Å². The number of para-hydroxylation sites is 1. The maximum absolute atomic E-state index is 12.2. The van der Waals surface area contributed by atoms with E-state index in [4.69, 9.17) is 4.74 Å². The first kappa shape index (κ1) is 14.9. The van der Waals surface area contributed by atoms with Crippen molar-refractivity contribution in [1.82, 2.24) is 10.2 Å². The highest BCUT2D eigenvalue weighted by molar-refractivity contribution is 5.75. The lowest BCUT2D eigenvalue weighted by Gasteiger charge is -2.35. The minimum Gasteiger partial charge on any atom is -0.381 e. The van der Waals surface area contributed by atoms with E-state index in [2.05, 4.69) is 34.5 Å². The zero-order valence-corrected chi connectivity index (χ0v) is 12.8. The molecule has 2 saturated heterocycles. The standard InChI is InChI=1S/C17H23N3O2/c21-17(18-14-15-6-12-22-13-7-15)20-10-8-19(9-11-20)16-4-2-1-3-5-16/h1-5,14H,6-13H2,(H,18,21). The molecule has 0 bridgehead atoms. The molecule has 0 spiro atoms. The van der Waals surface area contributed by atoms with Crippen molar-refractivity contribution < 1.29 is 9.53 Å². The number of hydrogen-bond donors (Lipinski definition) is 1. The largest absolute Gasteiger partial charge is 0.381 e. The molecule has 0 radical (unpaired) electrons. The number of benzene rings is 1. The SMILES string of the molecule is O=C(NC=C1CCOCC1)N1CCN(c2ccccc2)CC1. The summed E-state index contributed by atoms with van der Waals surface area (Å²) in [6, 6.07) is 10.4. The van der Waals surface area contributed by atoms with E-state index >= 15 is 0 Å². The summed E-state index contributed by atoms with van der Waals surface area (Å²) in [5.74, 6) is 0. The average molecular weight is 301 g/mol. The number of nitrogens with zero attached hydrogens (tertiary/aromatic N) is 2. The van der Waals surface area contributed by atoms with Crippen molar-refractivity contribution >= 4 is 11.7 Å². The van der Waals surface area contributed by atoms with Crippen LogP contribution >= 0.6 is 0 Å². The summed E-state index contributed by atoms with van der Waals surface area (Å²) in [7, 11) is 0. The highest BCUT2D eigenvalue weighted by Gasteiger charge is 2.20. The van der Waals surface area contributed by atoms with Gasteiger partial charge in [-0.25, -0.2) is 4.79 Å². The van der Waals surface area contributed by atoms with Crippen molar-refractivity contribution in [3.8, 4) is 0 Å². The zero-order valence-electron chi connectivity index (χ0n) is 12.8. The van der Waals surface area contributed by atoms with E-state index in [1.807, 2.05) is 17.2 Å². The Balaban J connectivity index is 1.47. The Morgan fingerprint density at radius 2 is 1.73 bits per heavy atom. The van der Waals surface area contributed by atoms with Crippen LogP contribution < -0.4 is 10.2 Å². The summed E-state index contributed by atoms with van der Waals surface area (Å²) in [6.07, 6.45) is 3.71. The molecule has 2 heterocycles. The van der Waals surface area contributed by atoms with Gasteiger partial charge >= 0.3 is 6.03 Å². The summed E-state index contributed by atoms with van der Waals surface area (Å²) in [5.41, 5.74) is 2.49. The van der Waals surface area contributed by atoms with Gasteiger partial charge in [-0.05, 0) is 30.5 Å². The molecule has 0 aliphatic carbocycles. The van der Waals surface area contributed by atoms with Gasteiger partial charge in [0, 0.05) is 38.1 Å². The van der Waals surface area contributed by atoms with E-state index in [-0.39, 0.29) is 6.03 Å². The number of rotatable bonds is 2. The van der Waals surface area contributed by atoms with Crippen LogP contribution in [0.4, 0.5) is 10.5 Å². The van der Waals surface area contributed by atoms with E-state index in [0.717, 1.165) is 52.2 Å². The molecule has 2 amide bonds. The van der Waals surface area contributed by atoms with Crippen LogP contribution in [0.5, 0.6) is 0 Å². The van der Waals surface area contributed by atoms with Crippen LogP contribution in [0.15, 0.2) is 42.1 Å². The van der Waals surface area contributed by atoms with Crippen LogP contribution in [0.3, 0.4) is 0 Å². The van der Waals surface area contributed by atoms with Crippen molar-refractivity contribution in [3.63, 3.8) is 0 Å². The van der Waals surface area contributed by atoms with E-state index in [9.17, 15) is 4.79 Å². The third kappa shape index (κ3) is 3.80. The second-order valence-corrected chi connectivity index (χ2v) is 5.67. The smallest absolute Gasteiger partial charge is 0.321 e. The first-order valence-corrected chi connectivity index (χ1v) is 7.94. The number of piperazine rings is 1. The Kier molecular flexibility index (Phi) is 4.96. The van der Waals surface area contributed by atoms with E-state index in [1.54, 1.807) is 0 Å². The Morgan fingerprint density at radius 3 is 2.41 bits per heavy atom. The van der Waals surface area contributed by atoms with Crippen molar-refractivity contribution in [1.29, 1.82) is 0 Å². The fourth-order valence-corrected chi connectivity index (χ4v) is 2.84. The Morgan fingerprint density at radius 1 is 1.05 bits per heavy atom. The summed E-state index contributed by atoms with van der Waals surface area (Å²) < 4.78 is 5.31. The van der Waals surface area contributed by atoms with Crippen molar-refractivity contribution in [3.05, 3.63) is 42.1 Å². The topological polar surface area (TPSA) is 44.8 Å². The van der Waals surface area contributed by atoms with Gasteiger partial charge in [0.25, 0.3) is 0 Å². The molecule has 1 aromatic carbocycles. The number of amides is 2. The second kappa shape index (κ2) is 7.31. The van der Waals surface area contributed by atoms with E-state index in [0.29, 0.717) is 0 Å². The van der Waals surface area contributed by atoms with Gasteiger partial charge in [-0.2, -0.15) is 0 Å². The van der Waals surface area contributed by atoms with Gasteiger partial charge < -0.3 is 19.9 Å². The van der Waals surface area contributed by atoms with Crippen LogP contribution in [0.25, 0.3) is 0 Å². The maximum atomic E-state index is 12.2. The van der Waals surface area contributed by atoms with Crippen molar-refractivity contribution in [2.24, 2.45) is 0 Å². The Hall–Kier alpha value is -2.01. The number of anilines is 1. The predicted molar refractivity (Wildman–Crippen MR) is 86.9 cm³/mol. The zero-order chi connectivity index (χ0) is 15.2. The number of hydrogen-bond acceptors (Lipinski definition) is 3. The van der Waals surface area contributed by atoms with Gasteiger partial charge in [-0.15, -0.1) is 0 Å². The summed E-state index contributed by atoms with van der Waals surface area (Å²) >= 11 is 0. The first-order chi connectivity index (χ1) is 10.8. The fraction of sp³-hybridized carbons (Fsp3) is 0.471. The molecule has 0 unspecified atom stereocenters. The van der Waals surface area contributed by atoms with Gasteiger partial charge in [-0.1, -0.05) is 18.2 Å². The molecule has 0 aromatic heterocycles. The third-order valence-electron chi connectivity index (χ3n) is 4.22. The van der Waals surface area contributed by atoms with Crippen LogP contribution in [0.1, 0.15) is 12.8 Å². The minimum absolute atomic E-state index is 0.00621. The molecule has 118 valence electrons. The molecule has 2 aliphatic heterocycles. The average Bonchev–Trinajstić information content (AvgIpc) is 2.61. The van der Waals surface area contributed by atoms with Gasteiger partial charge in [0.15, 0.2) is 0 Å². The molecule has 0 saturated carbocycles. The molecule has 2 fully saturated rings. The predicted octanol–water partition coefficient (Wildman–Crippen LogP) is 2.21. The molecule has 2 aliphatic rings. The second-order valence-electron chi connectivity index (χ2n) is 5.67. The summed E-state index contributed by atoms with van der Waals surface area (Å²) in [4.78, 5) is 16.4. The number of urea groups is 1. The Bertz CT molecular complexity index is 514. The Labute approximate surface area is 131 Å². The van der Waals surface area contributed by atoms with Crippen LogP contribution in [0.2, 0.25) is 0 Å². The lowest BCUT2D eigenvalue weighted by Crippen LogP contribution is -2.51. The van der Waals surface area contributed by atoms with Crippen LogP contribution in [-0.4, -0.2) is 50.3 Å². The maximum Gasteiger partial charge on any atom is 0.321 e. The quantitative estimate of drug-likeness (QED) is 0.911. The van der Waals surface area contributed by atoms with Crippen LogP contribution in [-0.2, 0) is 4.74 Å². The molecule has 5 heteroatoms. The summed E-state index contributed by atoms with van der Waals surface area (Å²) in [5, 5.41) is 2.93. The molecule has 22 heavy (non-hydrogen) atoms. The molecular formula is C17H23N3O2. The number of carbonyl (C=O) groups is 1. The van der Waals surface area contributed by atoms with E-state index in [1.165, 1.54) is 11.3 Å². The molecule has 1 aromatic rings.